The number of carbonyl (C=O) groups is 2. The molecule has 0 fully saturated rings. The summed E-state index contributed by atoms with van der Waals surface area (Å²) in [6.45, 7) is 1.73. The summed E-state index contributed by atoms with van der Waals surface area (Å²) >= 11 is 0. The highest BCUT2D eigenvalue weighted by Gasteiger charge is 2.25. The molecule has 37 heavy (non-hydrogen) atoms. The van der Waals surface area contributed by atoms with Gasteiger partial charge in [-0.1, -0.05) is 24.3 Å². The van der Waals surface area contributed by atoms with E-state index in [-0.39, 0.29) is 28.1 Å². The van der Waals surface area contributed by atoms with E-state index >= 15 is 0 Å². The molecule has 0 aliphatic rings. The van der Waals surface area contributed by atoms with Gasteiger partial charge < -0.3 is 10.4 Å². The van der Waals surface area contributed by atoms with Crippen molar-refractivity contribution >= 4 is 38.6 Å². The number of carboxylic acids is 1. The average Bonchev–Trinajstić information content (AvgIpc) is 2.88. The summed E-state index contributed by atoms with van der Waals surface area (Å²) in [5, 5.41) is 21.1. The third-order valence-corrected chi connectivity index (χ3v) is 6.94. The number of fused-ring (bicyclic) bond motifs is 1. The maximum Gasteiger partial charge on any atom is 0.326 e. The van der Waals surface area contributed by atoms with Crippen LogP contribution in [0.25, 0.3) is 11.0 Å². The Balaban J connectivity index is 1.62. The van der Waals surface area contributed by atoms with Crippen molar-refractivity contribution in [2.45, 2.75) is 24.3 Å². The van der Waals surface area contributed by atoms with Crippen molar-refractivity contribution in [1.29, 1.82) is 5.26 Å². The number of hydrogen-bond acceptors (Lipinski definition) is 7. The molecule has 0 radical (unpaired) electrons. The van der Waals surface area contributed by atoms with Gasteiger partial charge in [-0.15, -0.1) is 0 Å². The van der Waals surface area contributed by atoms with Gasteiger partial charge in [-0.2, -0.15) is 5.26 Å². The van der Waals surface area contributed by atoms with Gasteiger partial charge in [0.2, 0.25) is 0 Å². The fourth-order valence-corrected chi connectivity index (χ4v) is 4.95. The summed E-state index contributed by atoms with van der Waals surface area (Å²) in [4.78, 5) is 33.2. The first-order chi connectivity index (χ1) is 17.7. The van der Waals surface area contributed by atoms with Gasteiger partial charge in [0.15, 0.2) is 0 Å². The first-order valence-corrected chi connectivity index (χ1v) is 12.5. The van der Waals surface area contributed by atoms with E-state index in [1.54, 1.807) is 43.3 Å². The van der Waals surface area contributed by atoms with E-state index in [4.69, 9.17) is 5.26 Å². The number of nitriles is 1. The molecule has 0 spiro atoms. The molecule has 3 N–H and O–H groups in total. The molecule has 0 aliphatic carbocycles. The van der Waals surface area contributed by atoms with Gasteiger partial charge in [0.1, 0.15) is 16.5 Å². The van der Waals surface area contributed by atoms with E-state index in [1.807, 2.05) is 6.07 Å². The van der Waals surface area contributed by atoms with Crippen LogP contribution in [0.1, 0.15) is 27.0 Å². The van der Waals surface area contributed by atoms with Crippen LogP contribution in [0.2, 0.25) is 0 Å². The number of carbonyl (C=O) groups excluding carboxylic acids is 1. The van der Waals surface area contributed by atoms with Gasteiger partial charge in [-0.3, -0.25) is 19.5 Å². The summed E-state index contributed by atoms with van der Waals surface area (Å²) in [5.74, 6) is -2.03. The van der Waals surface area contributed by atoms with Crippen molar-refractivity contribution in [2.24, 2.45) is 0 Å². The Kier molecular flexibility index (Phi) is 7.13. The Morgan fingerprint density at radius 1 is 1.05 bits per heavy atom. The Morgan fingerprint density at radius 2 is 1.78 bits per heavy atom. The molecule has 0 saturated carbocycles. The summed E-state index contributed by atoms with van der Waals surface area (Å²) in [7, 11) is -4.19. The summed E-state index contributed by atoms with van der Waals surface area (Å²) in [6, 6.07) is 16.1. The Hall–Kier alpha value is -4.82. The third-order valence-electron chi connectivity index (χ3n) is 5.54. The highest BCUT2D eigenvalue weighted by Crippen LogP contribution is 2.25. The number of carboxylic acid groups (broad SMARTS) is 1. The van der Waals surface area contributed by atoms with Crippen molar-refractivity contribution in [3.05, 3.63) is 95.3 Å². The number of rotatable bonds is 8. The average molecular weight is 516 g/mol. The first-order valence-electron chi connectivity index (χ1n) is 11.0. The zero-order valence-electron chi connectivity index (χ0n) is 19.5. The van der Waals surface area contributed by atoms with Crippen LogP contribution in [0.15, 0.2) is 78.0 Å². The summed E-state index contributed by atoms with van der Waals surface area (Å²) < 4.78 is 29.0. The van der Waals surface area contributed by atoms with Crippen molar-refractivity contribution in [3.63, 3.8) is 0 Å². The number of aryl methyl sites for hydroxylation is 1. The largest absolute Gasteiger partial charge is 0.480 e. The number of nitrogens with zero attached hydrogens (tertiary/aromatic N) is 3. The second-order valence-corrected chi connectivity index (χ2v) is 9.86. The topological polar surface area (TPSA) is 162 Å². The van der Waals surface area contributed by atoms with Crippen LogP contribution in [0.3, 0.4) is 0 Å². The number of aliphatic carboxylic acids is 1. The van der Waals surface area contributed by atoms with Crippen molar-refractivity contribution in [1.82, 2.24) is 15.3 Å². The fourth-order valence-electron chi connectivity index (χ4n) is 3.71. The molecule has 1 atom stereocenters. The molecule has 1 aromatic heterocycles. The number of benzene rings is 3. The smallest absolute Gasteiger partial charge is 0.326 e. The van der Waals surface area contributed by atoms with Crippen LogP contribution >= 0.6 is 0 Å². The second kappa shape index (κ2) is 10.4. The number of sulfonamides is 1. The molecule has 10 nitrogen and oxygen atoms in total. The van der Waals surface area contributed by atoms with Gasteiger partial charge in [-0.05, 0) is 54.4 Å². The molecule has 1 unspecified atom stereocenters. The number of amides is 1. The van der Waals surface area contributed by atoms with Crippen LogP contribution in [-0.4, -0.2) is 41.4 Å². The van der Waals surface area contributed by atoms with Crippen molar-refractivity contribution in [3.8, 4) is 6.07 Å². The molecule has 1 amide bonds. The molecule has 0 saturated heterocycles. The second-order valence-electron chi connectivity index (χ2n) is 8.21. The molecular formula is C26H21N5O5S. The number of para-hydroxylation sites is 1. The Morgan fingerprint density at radius 3 is 2.49 bits per heavy atom. The van der Waals surface area contributed by atoms with Gasteiger partial charge in [-0.25, -0.2) is 13.2 Å². The number of anilines is 1. The van der Waals surface area contributed by atoms with Gasteiger partial charge in [0.25, 0.3) is 15.9 Å². The SMILES string of the molecule is Cc1ccc(C(=O)NC(Cc2ccc(C#N)cc2)C(=O)O)c(NS(=O)(=O)c2cccc3nccnc23)c1. The quantitative estimate of drug-likeness (QED) is 0.322. The molecule has 0 bridgehead atoms. The van der Waals surface area contributed by atoms with E-state index in [2.05, 4.69) is 20.0 Å². The van der Waals surface area contributed by atoms with E-state index in [0.717, 1.165) is 0 Å². The maximum absolute atomic E-state index is 13.3. The van der Waals surface area contributed by atoms with Gasteiger partial charge in [0, 0.05) is 18.8 Å². The van der Waals surface area contributed by atoms with Crippen molar-refractivity contribution < 1.29 is 23.1 Å². The maximum atomic E-state index is 13.3. The lowest BCUT2D eigenvalue weighted by Crippen LogP contribution is -2.42. The van der Waals surface area contributed by atoms with Crippen molar-refractivity contribution in [2.75, 3.05) is 4.72 Å². The zero-order chi connectivity index (χ0) is 26.6. The summed E-state index contributed by atoms with van der Waals surface area (Å²) in [5.41, 5.74) is 2.21. The molecule has 4 aromatic rings. The Labute approximate surface area is 212 Å². The van der Waals surface area contributed by atoms with Gasteiger partial charge in [0.05, 0.1) is 28.4 Å². The normalized spacial score (nSPS) is 11.9. The van der Waals surface area contributed by atoms with Gasteiger partial charge >= 0.3 is 5.97 Å². The lowest BCUT2D eigenvalue weighted by molar-refractivity contribution is -0.139. The van der Waals surface area contributed by atoms with E-state index in [0.29, 0.717) is 22.2 Å². The van der Waals surface area contributed by atoms with Crippen LogP contribution < -0.4 is 10.0 Å². The van der Waals surface area contributed by atoms with Crippen LogP contribution in [-0.2, 0) is 21.2 Å². The number of nitrogens with one attached hydrogen (secondary N) is 2. The molecular weight excluding hydrogens is 494 g/mol. The zero-order valence-corrected chi connectivity index (χ0v) is 20.4. The number of hydrogen-bond donors (Lipinski definition) is 3. The van der Waals surface area contributed by atoms with Crippen LogP contribution in [0, 0.1) is 18.3 Å². The third kappa shape index (κ3) is 5.71. The minimum Gasteiger partial charge on any atom is -0.480 e. The first kappa shape index (κ1) is 25.3. The highest BCUT2D eigenvalue weighted by atomic mass is 32.2. The van der Waals surface area contributed by atoms with Crippen LogP contribution in [0.5, 0.6) is 0 Å². The minimum atomic E-state index is -4.19. The standard InChI is InChI=1S/C26H21N5O5S/c1-16-5-10-19(25(32)30-22(26(33)34)14-17-6-8-18(15-27)9-7-17)21(13-16)31-37(35,36)23-4-2-3-20-24(23)29-12-11-28-20/h2-13,22,31H,14H2,1H3,(H,30,32)(H,33,34). The molecule has 186 valence electrons. The van der Waals surface area contributed by atoms with E-state index < -0.39 is 27.9 Å². The predicted octanol–water partition coefficient (Wildman–Crippen LogP) is 3.04. The van der Waals surface area contributed by atoms with E-state index in [1.165, 1.54) is 36.7 Å². The monoisotopic (exact) mass is 515 g/mol. The highest BCUT2D eigenvalue weighted by molar-refractivity contribution is 7.93. The summed E-state index contributed by atoms with van der Waals surface area (Å²) in [6.07, 6.45) is 2.80. The van der Waals surface area contributed by atoms with Crippen LogP contribution in [0.4, 0.5) is 5.69 Å². The molecule has 1 heterocycles. The molecule has 3 aromatic carbocycles. The Bertz CT molecular complexity index is 1640. The minimum absolute atomic E-state index is 0.0131. The fraction of sp³-hybridized carbons (Fsp3) is 0.115. The molecule has 4 rings (SSSR count). The number of aromatic nitrogens is 2. The van der Waals surface area contributed by atoms with E-state index in [9.17, 15) is 23.1 Å². The lowest BCUT2D eigenvalue weighted by atomic mass is 10.0. The predicted molar refractivity (Wildman–Crippen MR) is 135 cm³/mol. The molecule has 0 aliphatic heterocycles. The molecule has 11 heteroatoms. The lowest BCUT2D eigenvalue weighted by Gasteiger charge is -2.18.